The van der Waals surface area contributed by atoms with E-state index in [0.29, 0.717) is 18.1 Å². The molecular formula is C19H25NO2. The summed E-state index contributed by atoms with van der Waals surface area (Å²) in [4.78, 5) is 14.8. The van der Waals surface area contributed by atoms with Crippen LogP contribution in [0.15, 0.2) is 48.7 Å². The lowest BCUT2D eigenvalue weighted by atomic mass is 9.92. The van der Waals surface area contributed by atoms with Crippen molar-refractivity contribution in [1.29, 1.82) is 0 Å². The van der Waals surface area contributed by atoms with Gasteiger partial charge in [0, 0.05) is 5.54 Å². The maximum absolute atomic E-state index is 13.0. The smallest absolute Gasteiger partial charge is 0.260 e. The van der Waals surface area contributed by atoms with Crippen LogP contribution in [0.2, 0.25) is 0 Å². The van der Waals surface area contributed by atoms with Crippen molar-refractivity contribution >= 4 is 11.5 Å². The molecule has 3 heteroatoms. The first-order valence-corrected chi connectivity index (χ1v) is 7.79. The van der Waals surface area contributed by atoms with Crippen LogP contribution < -0.4 is 0 Å². The zero-order valence-electron chi connectivity index (χ0n) is 13.8. The fraction of sp³-hybridized carbons (Fsp3) is 0.421. The highest BCUT2D eigenvalue weighted by atomic mass is 16.5. The first-order valence-electron chi connectivity index (χ1n) is 7.79. The van der Waals surface area contributed by atoms with Gasteiger partial charge in [-0.05, 0) is 45.6 Å². The van der Waals surface area contributed by atoms with E-state index in [2.05, 4.69) is 20.4 Å². The summed E-state index contributed by atoms with van der Waals surface area (Å²) in [5, 5.41) is 0. The molecule has 0 aromatic heterocycles. The minimum atomic E-state index is -0.235. The topological polar surface area (TPSA) is 29.5 Å². The molecular weight excluding hydrogens is 274 g/mol. The van der Waals surface area contributed by atoms with Crippen LogP contribution in [-0.2, 0) is 9.53 Å². The molecule has 118 valence electrons. The molecule has 0 saturated carbocycles. The third-order valence-corrected chi connectivity index (χ3v) is 4.21. The van der Waals surface area contributed by atoms with Crippen LogP contribution in [0.4, 0.5) is 0 Å². The summed E-state index contributed by atoms with van der Waals surface area (Å²) < 4.78 is 5.79. The van der Waals surface area contributed by atoms with E-state index in [1.54, 1.807) is 0 Å². The lowest BCUT2D eigenvalue weighted by Crippen LogP contribution is -2.51. The van der Waals surface area contributed by atoms with Crippen molar-refractivity contribution in [2.24, 2.45) is 0 Å². The van der Waals surface area contributed by atoms with Gasteiger partial charge in [-0.25, -0.2) is 0 Å². The van der Waals surface area contributed by atoms with Crippen molar-refractivity contribution < 1.29 is 9.53 Å². The van der Waals surface area contributed by atoms with Crippen LogP contribution in [-0.4, -0.2) is 23.1 Å². The Balaban J connectivity index is 2.24. The monoisotopic (exact) mass is 299 g/mol. The Morgan fingerprint density at radius 3 is 2.64 bits per heavy atom. The molecule has 1 heterocycles. The number of benzene rings is 1. The number of carbonyl (C=O) groups excluding carboxylic acids is 1. The summed E-state index contributed by atoms with van der Waals surface area (Å²) in [5.41, 5.74) is 1.35. The first kappa shape index (κ1) is 16.3. The molecule has 0 radical (unpaired) electrons. The normalized spacial score (nSPS) is 15.8. The number of carbonyl (C=O) groups is 1. The van der Waals surface area contributed by atoms with Gasteiger partial charge in [-0.2, -0.15) is 0 Å². The largest absolute Gasteiger partial charge is 0.477 e. The maximum Gasteiger partial charge on any atom is 0.260 e. The van der Waals surface area contributed by atoms with E-state index in [-0.39, 0.29) is 11.4 Å². The molecule has 0 atom stereocenters. The molecule has 1 aliphatic heterocycles. The second-order valence-corrected chi connectivity index (χ2v) is 6.30. The Hall–Kier alpha value is -2.03. The van der Waals surface area contributed by atoms with Gasteiger partial charge >= 0.3 is 0 Å². The molecule has 1 amide bonds. The standard InChI is InChI=1S/C19H25NO2/c1-5-6-10-13-19(3,4)20-14-22-15(2)17(18(20)21)16-11-8-7-9-12-16/h5,7-9,11-12H,1,6,10,13-14H2,2-4H3. The number of ether oxygens (including phenoxy) is 1. The van der Waals surface area contributed by atoms with Gasteiger partial charge in [0.1, 0.15) is 5.76 Å². The molecule has 2 rings (SSSR count). The van der Waals surface area contributed by atoms with E-state index >= 15 is 0 Å². The molecule has 0 N–H and O–H groups in total. The van der Waals surface area contributed by atoms with Crippen molar-refractivity contribution in [2.75, 3.05) is 6.73 Å². The van der Waals surface area contributed by atoms with Crippen molar-refractivity contribution in [2.45, 2.75) is 45.6 Å². The molecule has 1 aromatic rings. The second kappa shape index (κ2) is 6.82. The quantitative estimate of drug-likeness (QED) is 0.576. The summed E-state index contributed by atoms with van der Waals surface area (Å²) in [6.07, 6.45) is 4.83. The number of hydrogen-bond acceptors (Lipinski definition) is 2. The van der Waals surface area contributed by atoms with E-state index in [0.717, 1.165) is 24.8 Å². The SMILES string of the molecule is C=CCCCC(C)(C)N1COC(C)=C(c2ccccc2)C1=O. The Morgan fingerprint density at radius 1 is 1.32 bits per heavy atom. The number of unbranched alkanes of at least 4 members (excludes halogenated alkanes) is 1. The van der Waals surface area contributed by atoms with Crippen LogP contribution >= 0.6 is 0 Å². The lowest BCUT2D eigenvalue weighted by Gasteiger charge is -2.41. The number of amides is 1. The fourth-order valence-electron chi connectivity index (χ4n) is 2.77. The highest BCUT2D eigenvalue weighted by molar-refractivity contribution is 6.20. The average molecular weight is 299 g/mol. The Morgan fingerprint density at radius 2 is 2.00 bits per heavy atom. The molecule has 1 aliphatic rings. The molecule has 0 bridgehead atoms. The number of nitrogens with zero attached hydrogens (tertiary/aromatic N) is 1. The number of rotatable bonds is 6. The Kier molecular flexibility index (Phi) is 5.07. The molecule has 0 saturated heterocycles. The van der Waals surface area contributed by atoms with Gasteiger partial charge in [0.2, 0.25) is 0 Å². The molecule has 1 aromatic carbocycles. The first-order chi connectivity index (χ1) is 10.5. The number of allylic oxidation sites excluding steroid dienone is 2. The fourth-order valence-corrected chi connectivity index (χ4v) is 2.77. The van der Waals surface area contributed by atoms with Crippen molar-refractivity contribution in [3.63, 3.8) is 0 Å². The summed E-state index contributed by atoms with van der Waals surface area (Å²) in [5.74, 6) is 0.757. The van der Waals surface area contributed by atoms with Crippen LogP contribution in [0.3, 0.4) is 0 Å². The van der Waals surface area contributed by atoms with Crippen LogP contribution in [0.25, 0.3) is 5.57 Å². The molecule has 0 unspecified atom stereocenters. The summed E-state index contributed by atoms with van der Waals surface area (Å²) in [6, 6.07) is 9.74. The molecule has 0 aliphatic carbocycles. The highest BCUT2D eigenvalue weighted by Gasteiger charge is 2.36. The Bertz CT molecular complexity index is 572. The molecule has 3 nitrogen and oxygen atoms in total. The minimum Gasteiger partial charge on any atom is -0.477 e. The van der Waals surface area contributed by atoms with Gasteiger partial charge in [-0.15, -0.1) is 6.58 Å². The van der Waals surface area contributed by atoms with Gasteiger partial charge in [-0.1, -0.05) is 36.4 Å². The van der Waals surface area contributed by atoms with Crippen LogP contribution in [0.1, 0.15) is 45.6 Å². The van der Waals surface area contributed by atoms with Crippen molar-refractivity contribution in [1.82, 2.24) is 4.90 Å². The molecule has 22 heavy (non-hydrogen) atoms. The van der Waals surface area contributed by atoms with Gasteiger partial charge in [-0.3, -0.25) is 4.79 Å². The third-order valence-electron chi connectivity index (χ3n) is 4.21. The average Bonchev–Trinajstić information content (AvgIpc) is 2.48. The zero-order chi connectivity index (χ0) is 16.2. The van der Waals surface area contributed by atoms with Gasteiger partial charge in [0.15, 0.2) is 6.73 Å². The zero-order valence-corrected chi connectivity index (χ0v) is 13.8. The van der Waals surface area contributed by atoms with E-state index in [9.17, 15) is 4.79 Å². The van der Waals surface area contributed by atoms with Crippen molar-refractivity contribution in [3.8, 4) is 0 Å². The van der Waals surface area contributed by atoms with E-state index in [4.69, 9.17) is 4.74 Å². The maximum atomic E-state index is 13.0. The van der Waals surface area contributed by atoms with E-state index in [1.807, 2.05) is 48.2 Å². The van der Waals surface area contributed by atoms with Crippen molar-refractivity contribution in [3.05, 3.63) is 54.3 Å². The Labute approximate surface area is 133 Å². The number of hydrogen-bond donors (Lipinski definition) is 0. The third kappa shape index (κ3) is 3.41. The lowest BCUT2D eigenvalue weighted by molar-refractivity contribution is -0.139. The second-order valence-electron chi connectivity index (χ2n) is 6.30. The molecule has 0 spiro atoms. The predicted octanol–water partition coefficient (Wildman–Crippen LogP) is 4.37. The predicted molar refractivity (Wildman–Crippen MR) is 90.0 cm³/mol. The van der Waals surface area contributed by atoms with Gasteiger partial charge in [0.25, 0.3) is 5.91 Å². The minimum absolute atomic E-state index is 0.0542. The molecule has 0 fully saturated rings. The van der Waals surface area contributed by atoms with E-state index in [1.165, 1.54) is 0 Å². The summed E-state index contributed by atoms with van der Waals surface area (Å²) >= 11 is 0. The van der Waals surface area contributed by atoms with Crippen LogP contribution in [0.5, 0.6) is 0 Å². The van der Waals surface area contributed by atoms with Gasteiger partial charge in [0.05, 0.1) is 5.57 Å². The van der Waals surface area contributed by atoms with Crippen LogP contribution in [0, 0.1) is 0 Å². The summed E-state index contributed by atoms with van der Waals surface area (Å²) in [6.45, 7) is 10.1. The highest BCUT2D eigenvalue weighted by Crippen LogP contribution is 2.32. The van der Waals surface area contributed by atoms with E-state index < -0.39 is 0 Å². The summed E-state index contributed by atoms with van der Waals surface area (Å²) in [7, 11) is 0. The van der Waals surface area contributed by atoms with Gasteiger partial charge < -0.3 is 9.64 Å².